The summed E-state index contributed by atoms with van der Waals surface area (Å²) in [5.74, 6) is -0.277. The summed E-state index contributed by atoms with van der Waals surface area (Å²) >= 11 is 0. The molecule has 1 aromatic rings. The van der Waals surface area contributed by atoms with E-state index >= 15 is 0 Å². The molecule has 7 heteroatoms. The van der Waals surface area contributed by atoms with Crippen LogP contribution >= 0.6 is 0 Å². The monoisotopic (exact) mass is 280 g/mol. The van der Waals surface area contributed by atoms with Gasteiger partial charge in [0.05, 0.1) is 31.2 Å². The van der Waals surface area contributed by atoms with Crippen molar-refractivity contribution >= 4 is 11.6 Å². The van der Waals surface area contributed by atoms with Crippen molar-refractivity contribution in [2.45, 2.75) is 0 Å². The van der Waals surface area contributed by atoms with Gasteiger partial charge in [0.2, 0.25) is 0 Å². The zero-order valence-electron chi connectivity index (χ0n) is 11.1. The van der Waals surface area contributed by atoms with E-state index < -0.39 is 4.92 Å². The number of carbonyl (C=O) groups is 1. The van der Waals surface area contributed by atoms with Gasteiger partial charge in [0.25, 0.3) is 11.6 Å². The van der Waals surface area contributed by atoms with Crippen molar-refractivity contribution in [3.8, 4) is 0 Å². The van der Waals surface area contributed by atoms with E-state index in [0.29, 0.717) is 12.1 Å². The molecule has 0 bridgehead atoms. The Morgan fingerprint density at radius 2 is 2.15 bits per heavy atom. The van der Waals surface area contributed by atoms with Gasteiger partial charge in [0.15, 0.2) is 0 Å². The molecule has 2 rings (SSSR count). The number of hydrogen-bond donors (Lipinski definition) is 2. The van der Waals surface area contributed by atoms with Crippen molar-refractivity contribution in [3.05, 3.63) is 39.9 Å². The standard InChI is InChI=1S/C13H17N3O4/c17-13(11-2-1-3-12(10-11)16(18)19)14-4-5-15-6-8-20-9-7-15/h1-3,10H,4-9H2,(H,14,17)/p+1. The van der Waals surface area contributed by atoms with Gasteiger partial charge < -0.3 is 15.0 Å². The van der Waals surface area contributed by atoms with E-state index in [1.54, 1.807) is 6.07 Å². The van der Waals surface area contributed by atoms with Gasteiger partial charge in [-0.3, -0.25) is 14.9 Å². The molecule has 1 heterocycles. The van der Waals surface area contributed by atoms with Crippen LogP contribution in [0.25, 0.3) is 0 Å². The molecule has 1 aromatic carbocycles. The highest BCUT2D eigenvalue weighted by molar-refractivity contribution is 5.94. The molecule has 0 radical (unpaired) electrons. The average molecular weight is 280 g/mol. The quantitative estimate of drug-likeness (QED) is 0.548. The van der Waals surface area contributed by atoms with Crippen LogP contribution in [0.5, 0.6) is 0 Å². The van der Waals surface area contributed by atoms with E-state index in [2.05, 4.69) is 5.32 Å². The molecule has 1 aliphatic heterocycles. The Hall–Kier alpha value is -1.99. The fourth-order valence-electron chi connectivity index (χ4n) is 2.13. The molecule has 0 aromatic heterocycles. The number of nitro benzene ring substituents is 1. The van der Waals surface area contributed by atoms with Crippen LogP contribution in [0.15, 0.2) is 24.3 Å². The van der Waals surface area contributed by atoms with E-state index in [1.807, 2.05) is 0 Å². The molecule has 108 valence electrons. The fourth-order valence-corrected chi connectivity index (χ4v) is 2.13. The summed E-state index contributed by atoms with van der Waals surface area (Å²) in [4.78, 5) is 23.4. The number of carbonyl (C=O) groups excluding carboxylic acids is 1. The number of non-ortho nitro benzene ring substituents is 1. The maximum atomic E-state index is 11.9. The summed E-state index contributed by atoms with van der Waals surface area (Å²) in [6.45, 7) is 4.81. The van der Waals surface area contributed by atoms with E-state index in [1.165, 1.54) is 23.1 Å². The second-order valence-electron chi connectivity index (χ2n) is 4.68. The Kier molecular flexibility index (Phi) is 5.03. The van der Waals surface area contributed by atoms with E-state index in [9.17, 15) is 14.9 Å². The van der Waals surface area contributed by atoms with Crippen LogP contribution in [0.2, 0.25) is 0 Å². The lowest BCUT2D eigenvalue weighted by molar-refractivity contribution is -0.906. The van der Waals surface area contributed by atoms with Gasteiger partial charge in [-0.15, -0.1) is 0 Å². The summed E-state index contributed by atoms with van der Waals surface area (Å²) in [6, 6.07) is 5.75. The summed E-state index contributed by atoms with van der Waals surface area (Å²) in [7, 11) is 0. The van der Waals surface area contributed by atoms with E-state index in [4.69, 9.17) is 4.74 Å². The average Bonchev–Trinajstić information content (AvgIpc) is 2.48. The fraction of sp³-hybridized carbons (Fsp3) is 0.462. The largest absolute Gasteiger partial charge is 0.370 e. The molecular formula is C13H18N3O4+. The highest BCUT2D eigenvalue weighted by atomic mass is 16.6. The molecule has 0 atom stereocenters. The van der Waals surface area contributed by atoms with Gasteiger partial charge in [-0.2, -0.15) is 0 Å². The molecule has 1 amide bonds. The maximum Gasteiger partial charge on any atom is 0.270 e. The van der Waals surface area contributed by atoms with E-state index in [-0.39, 0.29) is 11.6 Å². The number of nitrogens with one attached hydrogen (secondary N) is 2. The lowest BCUT2D eigenvalue weighted by Crippen LogP contribution is -3.14. The molecule has 1 aliphatic rings. The molecule has 7 nitrogen and oxygen atoms in total. The summed E-state index contributed by atoms with van der Waals surface area (Å²) < 4.78 is 5.26. The van der Waals surface area contributed by atoms with Crippen LogP contribution in [0.3, 0.4) is 0 Å². The topological polar surface area (TPSA) is 85.9 Å². The third-order valence-corrected chi connectivity index (χ3v) is 3.28. The predicted octanol–water partition coefficient (Wildman–Crippen LogP) is -0.760. The van der Waals surface area contributed by atoms with Crippen LogP contribution in [-0.4, -0.2) is 50.2 Å². The summed E-state index contributed by atoms with van der Waals surface area (Å²) in [5.41, 5.74) is 0.243. The van der Waals surface area contributed by atoms with Crippen LogP contribution in [0.4, 0.5) is 5.69 Å². The van der Waals surface area contributed by atoms with Crippen molar-refractivity contribution in [3.63, 3.8) is 0 Å². The number of hydrogen-bond acceptors (Lipinski definition) is 4. The first-order valence-corrected chi connectivity index (χ1v) is 6.61. The number of quaternary nitrogens is 1. The second kappa shape index (κ2) is 6.97. The van der Waals surface area contributed by atoms with Gasteiger partial charge >= 0.3 is 0 Å². The minimum Gasteiger partial charge on any atom is -0.370 e. The first-order chi connectivity index (χ1) is 9.66. The van der Waals surface area contributed by atoms with Crippen molar-refractivity contribution in [2.75, 3.05) is 39.4 Å². The molecular weight excluding hydrogens is 262 g/mol. The van der Waals surface area contributed by atoms with Gasteiger partial charge in [0, 0.05) is 17.7 Å². The number of amides is 1. The first-order valence-electron chi connectivity index (χ1n) is 6.61. The van der Waals surface area contributed by atoms with Gasteiger partial charge in [-0.05, 0) is 6.07 Å². The molecule has 1 fully saturated rings. The van der Waals surface area contributed by atoms with Crippen LogP contribution in [-0.2, 0) is 4.74 Å². The number of ether oxygens (including phenoxy) is 1. The lowest BCUT2D eigenvalue weighted by atomic mass is 10.2. The zero-order chi connectivity index (χ0) is 14.4. The minimum absolute atomic E-state index is 0.0727. The normalized spacial score (nSPS) is 15.8. The Bertz CT molecular complexity index is 486. The third-order valence-electron chi connectivity index (χ3n) is 3.28. The zero-order valence-corrected chi connectivity index (χ0v) is 11.1. The summed E-state index contributed by atoms with van der Waals surface area (Å²) in [6.07, 6.45) is 0. The van der Waals surface area contributed by atoms with Crippen LogP contribution < -0.4 is 10.2 Å². The van der Waals surface area contributed by atoms with Gasteiger partial charge in [-0.1, -0.05) is 6.07 Å². The number of benzene rings is 1. The Morgan fingerprint density at radius 3 is 2.85 bits per heavy atom. The van der Waals surface area contributed by atoms with Crippen molar-refractivity contribution in [2.24, 2.45) is 0 Å². The number of nitrogens with zero attached hydrogens (tertiary/aromatic N) is 1. The summed E-state index contributed by atoms with van der Waals surface area (Å²) in [5, 5.41) is 13.4. The highest BCUT2D eigenvalue weighted by Gasteiger charge is 2.15. The van der Waals surface area contributed by atoms with Gasteiger partial charge in [-0.25, -0.2) is 0 Å². The Balaban J connectivity index is 1.82. The molecule has 2 N–H and O–H groups in total. The highest BCUT2D eigenvalue weighted by Crippen LogP contribution is 2.12. The first kappa shape index (κ1) is 14.4. The molecule has 1 saturated heterocycles. The molecule has 0 unspecified atom stereocenters. The van der Waals surface area contributed by atoms with E-state index in [0.717, 1.165) is 32.8 Å². The second-order valence-corrected chi connectivity index (χ2v) is 4.68. The van der Waals surface area contributed by atoms with Crippen molar-refractivity contribution in [1.29, 1.82) is 0 Å². The Labute approximate surface area is 116 Å². The van der Waals surface area contributed by atoms with Crippen LogP contribution in [0, 0.1) is 10.1 Å². The SMILES string of the molecule is O=C(NCC[NH+]1CCOCC1)c1cccc([N+](=O)[O-])c1. The lowest BCUT2D eigenvalue weighted by Gasteiger charge is -2.23. The molecule has 20 heavy (non-hydrogen) atoms. The number of nitro groups is 1. The smallest absolute Gasteiger partial charge is 0.270 e. The molecule has 0 aliphatic carbocycles. The minimum atomic E-state index is -0.505. The molecule has 0 saturated carbocycles. The van der Waals surface area contributed by atoms with Crippen LogP contribution in [0.1, 0.15) is 10.4 Å². The third kappa shape index (κ3) is 4.01. The number of morpholine rings is 1. The van der Waals surface area contributed by atoms with Crippen molar-refractivity contribution < 1.29 is 19.4 Å². The van der Waals surface area contributed by atoms with Gasteiger partial charge in [0.1, 0.15) is 13.1 Å². The molecule has 0 spiro atoms. The Morgan fingerprint density at radius 1 is 1.40 bits per heavy atom. The predicted molar refractivity (Wildman–Crippen MR) is 71.8 cm³/mol. The number of rotatable bonds is 5. The maximum absolute atomic E-state index is 11.9. The van der Waals surface area contributed by atoms with Crippen molar-refractivity contribution in [1.82, 2.24) is 5.32 Å².